The van der Waals surface area contributed by atoms with Gasteiger partial charge in [-0.1, -0.05) is 0 Å². The van der Waals surface area contributed by atoms with Gasteiger partial charge in [-0.05, 0) is 18.8 Å². The molecule has 3 unspecified atom stereocenters. The van der Waals surface area contributed by atoms with Gasteiger partial charge in [-0.3, -0.25) is 4.40 Å². The van der Waals surface area contributed by atoms with Gasteiger partial charge in [-0.25, -0.2) is 4.98 Å². The number of anilines is 1. The maximum Gasteiger partial charge on any atom is 0.195 e. The van der Waals surface area contributed by atoms with Crippen LogP contribution in [0.5, 0.6) is 0 Å². The third-order valence-corrected chi connectivity index (χ3v) is 5.36. The average molecular weight is 279 g/mol. The molecular weight excluding hydrogens is 262 g/mol. The van der Waals surface area contributed by atoms with Crippen molar-refractivity contribution < 1.29 is 10.2 Å². The number of nitrogens with zero attached hydrogens (tertiary/aromatic N) is 3. The van der Waals surface area contributed by atoms with Crippen molar-refractivity contribution in [2.24, 2.45) is 11.8 Å². The summed E-state index contributed by atoms with van der Waals surface area (Å²) in [4.78, 5) is 7.81. The zero-order chi connectivity index (χ0) is 13.0. The lowest BCUT2D eigenvalue weighted by Gasteiger charge is -2.19. The van der Waals surface area contributed by atoms with E-state index in [2.05, 4.69) is 9.88 Å². The van der Waals surface area contributed by atoms with Crippen LogP contribution in [0, 0.1) is 11.8 Å². The molecule has 0 radical (unpaired) electrons. The van der Waals surface area contributed by atoms with Gasteiger partial charge in [0.15, 0.2) is 10.8 Å². The van der Waals surface area contributed by atoms with Gasteiger partial charge in [-0.15, -0.1) is 11.3 Å². The second-order valence-electron chi connectivity index (χ2n) is 5.57. The largest absolute Gasteiger partial charge is 0.393 e. The Hall–Kier alpha value is -1.11. The summed E-state index contributed by atoms with van der Waals surface area (Å²) in [5, 5.41) is 21.6. The Bertz CT molecular complexity index is 608. The van der Waals surface area contributed by atoms with Crippen LogP contribution in [-0.4, -0.2) is 38.8 Å². The van der Waals surface area contributed by atoms with Crippen LogP contribution in [0.25, 0.3) is 4.96 Å². The Morgan fingerprint density at radius 2 is 2.26 bits per heavy atom. The molecule has 1 aliphatic carbocycles. The van der Waals surface area contributed by atoms with Crippen molar-refractivity contribution in [2.45, 2.75) is 25.6 Å². The normalized spacial score (nSPS) is 30.4. The van der Waals surface area contributed by atoms with Crippen LogP contribution in [0.3, 0.4) is 0 Å². The van der Waals surface area contributed by atoms with Gasteiger partial charge in [0.1, 0.15) is 0 Å². The van der Waals surface area contributed by atoms with Crippen molar-refractivity contribution in [3.63, 3.8) is 0 Å². The molecule has 0 aromatic carbocycles. The van der Waals surface area contributed by atoms with E-state index in [0.29, 0.717) is 11.8 Å². The Kier molecular flexibility index (Phi) is 2.58. The van der Waals surface area contributed by atoms with Crippen molar-refractivity contribution in [3.8, 4) is 0 Å². The molecule has 3 atom stereocenters. The molecule has 0 spiro atoms. The summed E-state index contributed by atoms with van der Waals surface area (Å²) in [5.74, 6) is 1.86. The van der Waals surface area contributed by atoms with E-state index in [1.165, 1.54) is 0 Å². The highest BCUT2D eigenvalue weighted by Gasteiger charge is 2.43. The van der Waals surface area contributed by atoms with Gasteiger partial charge in [-0.2, -0.15) is 0 Å². The molecule has 0 amide bonds. The van der Waals surface area contributed by atoms with E-state index < -0.39 is 0 Å². The lowest BCUT2D eigenvalue weighted by molar-refractivity contribution is 0.133. The fraction of sp³-hybridized carbons (Fsp3) is 0.615. The lowest BCUT2D eigenvalue weighted by Crippen LogP contribution is -2.25. The SMILES string of the molecule is OCc1c(N2CC3CCC(O)C3C2)nc2sccn12. The van der Waals surface area contributed by atoms with Crippen LogP contribution in [-0.2, 0) is 6.61 Å². The Balaban J connectivity index is 1.70. The lowest BCUT2D eigenvalue weighted by atomic mass is 10.00. The van der Waals surface area contributed by atoms with Gasteiger partial charge < -0.3 is 15.1 Å². The summed E-state index contributed by atoms with van der Waals surface area (Å²) in [6.45, 7) is 1.82. The number of thiazole rings is 1. The molecule has 2 aliphatic rings. The molecule has 0 bridgehead atoms. The summed E-state index contributed by atoms with van der Waals surface area (Å²) in [7, 11) is 0. The fourth-order valence-corrected chi connectivity index (χ4v) is 4.36. The first-order chi connectivity index (χ1) is 9.28. The van der Waals surface area contributed by atoms with Crippen LogP contribution in [0.2, 0.25) is 0 Å². The molecule has 2 N–H and O–H groups in total. The second kappa shape index (κ2) is 4.19. The maximum absolute atomic E-state index is 9.99. The summed E-state index contributed by atoms with van der Waals surface area (Å²) in [6.07, 6.45) is 3.84. The zero-order valence-electron chi connectivity index (χ0n) is 10.6. The predicted molar refractivity (Wildman–Crippen MR) is 73.4 cm³/mol. The molecule has 1 saturated heterocycles. The van der Waals surface area contributed by atoms with Gasteiger partial charge >= 0.3 is 0 Å². The monoisotopic (exact) mass is 279 g/mol. The zero-order valence-corrected chi connectivity index (χ0v) is 11.4. The molecule has 19 heavy (non-hydrogen) atoms. The van der Waals surface area contributed by atoms with Crippen LogP contribution < -0.4 is 4.90 Å². The van der Waals surface area contributed by atoms with Gasteiger partial charge in [0, 0.05) is 30.6 Å². The first-order valence-electron chi connectivity index (χ1n) is 6.76. The number of aromatic nitrogens is 2. The number of aliphatic hydroxyl groups excluding tert-OH is 2. The first kappa shape index (κ1) is 11.7. The van der Waals surface area contributed by atoms with E-state index in [-0.39, 0.29) is 12.7 Å². The topological polar surface area (TPSA) is 61.0 Å². The Morgan fingerprint density at radius 3 is 3.05 bits per heavy atom. The maximum atomic E-state index is 9.99. The highest BCUT2D eigenvalue weighted by molar-refractivity contribution is 7.15. The van der Waals surface area contributed by atoms with Crippen LogP contribution in [0.1, 0.15) is 18.5 Å². The molecule has 6 heteroatoms. The highest BCUT2D eigenvalue weighted by Crippen LogP contribution is 2.40. The van der Waals surface area contributed by atoms with Crippen LogP contribution in [0.4, 0.5) is 5.82 Å². The van der Waals surface area contributed by atoms with Crippen molar-refractivity contribution in [1.29, 1.82) is 0 Å². The minimum Gasteiger partial charge on any atom is -0.393 e. The number of hydrogen-bond donors (Lipinski definition) is 2. The Labute approximate surface area is 115 Å². The van der Waals surface area contributed by atoms with E-state index in [4.69, 9.17) is 0 Å². The van der Waals surface area contributed by atoms with Crippen LogP contribution >= 0.6 is 11.3 Å². The quantitative estimate of drug-likeness (QED) is 0.864. The fourth-order valence-electron chi connectivity index (χ4n) is 3.63. The van der Waals surface area contributed by atoms with E-state index in [9.17, 15) is 10.2 Å². The van der Waals surface area contributed by atoms with Crippen molar-refractivity contribution in [1.82, 2.24) is 9.38 Å². The van der Waals surface area contributed by atoms with Crippen molar-refractivity contribution in [3.05, 3.63) is 17.3 Å². The summed E-state index contributed by atoms with van der Waals surface area (Å²) >= 11 is 1.58. The van der Waals surface area contributed by atoms with E-state index in [1.54, 1.807) is 11.3 Å². The third kappa shape index (κ3) is 1.63. The number of hydrogen-bond acceptors (Lipinski definition) is 5. The van der Waals surface area contributed by atoms with E-state index in [1.807, 2.05) is 16.0 Å². The molecule has 102 valence electrons. The van der Waals surface area contributed by atoms with Crippen molar-refractivity contribution >= 4 is 22.1 Å². The van der Waals surface area contributed by atoms with Crippen LogP contribution in [0.15, 0.2) is 11.6 Å². The smallest absolute Gasteiger partial charge is 0.195 e. The second-order valence-corrected chi connectivity index (χ2v) is 6.44. The number of fused-ring (bicyclic) bond motifs is 2. The molecular formula is C13H17N3O2S. The summed E-state index contributed by atoms with van der Waals surface area (Å²) in [5.41, 5.74) is 0.866. The minimum atomic E-state index is -0.156. The number of rotatable bonds is 2. The third-order valence-electron chi connectivity index (χ3n) is 4.61. The molecule has 4 rings (SSSR count). The molecule has 1 saturated carbocycles. The predicted octanol–water partition coefficient (Wildman–Crippen LogP) is 1.10. The summed E-state index contributed by atoms with van der Waals surface area (Å²) < 4.78 is 1.96. The molecule has 3 heterocycles. The van der Waals surface area contributed by atoms with Crippen molar-refractivity contribution in [2.75, 3.05) is 18.0 Å². The molecule has 2 aromatic heterocycles. The molecule has 2 fully saturated rings. The highest BCUT2D eigenvalue weighted by atomic mass is 32.1. The minimum absolute atomic E-state index is 0.00161. The number of imidazole rings is 1. The first-order valence-corrected chi connectivity index (χ1v) is 7.64. The summed E-state index contributed by atoms with van der Waals surface area (Å²) in [6, 6.07) is 0. The van der Waals surface area contributed by atoms with Gasteiger partial charge in [0.2, 0.25) is 0 Å². The van der Waals surface area contributed by atoms with Gasteiger partial charge in [0.25, 0.3) is 0 Å². The van der Waals surface area contributed by atoms with Gasteiger partial charge in [0.05, 0.1) is 18.4 Å². The van der Waals surface area contributed by atoms with E-state index >= 15 is 0 Å². The average Bonchev–Trinajstić information content (AvgIpc) is 3.10. The molecule has 5 nitrogen and oxygen atoms in total. The molecule has 1 aliphatic heterocycles. The van der Waals surface area contributed by atoms with E-state index in [0.717, 1.165) is 42.4 Å². The Morgan fingerprint density at radius 1 is 1.37 bits per heavy atom. The number of aliphatic hydroxyl groups is 2. The standard InChI is InChI=1S/C13H17N3O2S/c17-7-10-12(14-13-16(10)3-4-19-13)15-5-8-1-2-11(18)9(8)6-15/h3-4,8-9,11,17-18H,1-2,5-7H2. The molecule has 2 aromatic rings.